The zero-order valence-electron chi connectivity index (χ0n) is 13.6. The molecule has 0 spiro atoms. The summed E-state index contributed by atoms with van der Waals surface area (Å²) in [4.78, 5) is 0. The van der Waals surface area contributed by atoms with E-state index in [-0.39, 0.29) is 0 Å². The number of rotatable bonds is 3. The molecule has 0 saturated heterocycles. The Hall–Kier alpha value is -2.42. The topological polar surface area (TPSA) is 40.5 Å². The van der Waals surface area contributed by atoms with Crippen LogP contribution in [0.5, 0.6) is 0 Å². The van der Waals surface area contributed by atoms with E-state index in [9.17, 15) is 10.2 Å². The largest absolute Gasteiger partial charge is 0.391 e. The first kappa shape index (κ1) is 15.1. The Morgan fingerprint density at radius 2 is 1.42 bits per heavy atom. The summed E-state index contributed by atoms with van der Waals surface area (Å²) in [7, 11) is 0. The van der Waals surface area contributed by atoms with Gasteiger partial charge in [-0.2, -0.15) is 0 Å². The third-order valence-electron chi connectivity index (χ3n) is 4.80. The maximum atomic E-state index is 10.1. The van der Waals surface area contributed by atoms with Crippen LogP contribution in [-0.2, 0) is 6.42 Å². The van der Waals surface area contributed by atoms with Crippen molar-refractivity contribution in [1.29, 1.82) is 0 Å². The molecule has 0 aliphatic rings. The number of aliphatic hydroxyl groups excluding tert-OH is 2. The molecule has 0 saturated carbocycles. The van der Waals surface area contributed by atoms with E-state index in [4.69, 9.17) is 0 Å². The Labute approximate surface area is 141 Å². The molecule has 2 nitrogen and oxygen atoms in total. The lowest BCUT2D eigenvalue weighted by Gasteiger charge is -2.16. The van der Waals surface area contributed by atoms with Crippen LogP contribution in [0.4, 0.5) is 0 Å². The summed E-state index contributed by atoms with van der Waals surface area (Å²) in [5.41, 5.74) is 1.07. The molecule has 0 heterocycles. The third kappa shape index (κ3) is 2.54. The Morgan fingerprint density at radius 1 is 0.750 bits per heavy atom. The summed E-state index contributed by atoms with van der Waals surface area (Å²) in [6.45, 7) is 1.63. The fourth-order valence-corrected chi connectivity index (χ4v) is 3.45. The van der Waals surface area contributed by atoms with E-state index < -0.39 is 12.2 Å². The van der Waals surface area contributed by atoms with Crippen LogP contribution in [0, 0.1) is 0 Å². The maximum absolute atomic E-state index is 10.1. The predicted octanol–water partition coefficient (Wildman–Crippen LogP) is 4.43. The lowest BCUT2D eigenvalue weighted by Crippen LogP contribution is -2.24. The lowest BCUT2D eigenvalue weighted by atomic mass is 9.92. The van der Waals surface area contributed by atoms with Gasteiger partial charge in [0.05, 0.1) is 12.2 Å². The fraction of sp³-hybridized carbons (Fsp3) is 0.182. The molecule has 0 aromatic heterocycles. The highest BCUT2D eigenvalue weighted by Crippen LogP contribution is 2.32. The second kappa shape index (κ2) is 5.90. The molecule has 0 bridgehead atoms. The van der Waals surface area contributed by atoms with E-state index in [2.05, 4.69) is 54.6 Å². The molecule has 2 heteroatoms. The zero-order valence-corrected chi connectivity index (χ0v) is 13.6. The summed E-state index contributed by atoms with van der Waals surface area (Å²) in [6, 6.07) is 23.2. The van der Waals surface area contributed by atoms with Crippen molar-refractivity contribution in [2.45, 2.75) is 25.6 Å². The van der Waals surface area contributed by atoms with Crippen LogP contribution in [0.2, 0.25) is 0 Å². The van der Waals surface area contributed by atoms with Crippen LogP contribution in [-0.4, -0.2) is 22.4 Å². The van der Waals surface area contributed by atoms with Gasteiger partial charge in [0.2, 0.25) is 0 Å². The summed E-state index contributed by atoms with van der Waals surface area (Å²) in [6.07, 6.45) is -1.05. The minimum absolute atomic E-state index is 0.445. The molecule has 0 amide bonds. The van der Waals surface area contributed by atoms with Crippen LogP contribution >= 0.6 is 0 Å². The fourth-order valence-electron chi connectivity index (χ4n) is 3.45. The van der Waals surface area contributed by atoms with Gasteiger partial charge in [-0.1, -0.05) is 54.6 Å². The Bertz CT molecular complexity index is 1030. The Morgan fingerprint density at radius 3 is 2.17 bits per heavy atom. The summed E-state index contributed by atoms with van der Waals surface area (Å²) in [5.74, 6) is 0. The second-order valence-electron chi connectivity index (χ2n) is 6.51. The number of hydrogen-bond donors (Lipinski definition) is 2. The van der Waals surface area contributed by atoms with Gasteiger partial charge in [-0.25, -0.2) is 0 Å². The van der Waals surface area contributed by atoms with Gasteiger partial charge in [-0.15, -0.1) is 0 Å². The maximum Gasteiger partial charge on any atom is 0.0836 e. The van der Waals surface area contributed by atoms with Crippen molar-refractivity contribution in [1.82, 2.24) is 0 Å². The molecule has 2 unspecified atom stereocenters. The molecule has 0 aliphatic carbocycles. The molecule has 120 valence electrons. The van der Waals surface area contributed by atoms with E-state index >= 15 is 0 Å². The Kier molecular flexibility index (Phi) is 3.72. The molecule has 4 aromatic carbocycles. The monoisotopic (exact) mass is 316 g/mol. The van der Waals surface area contributed by atoms with Crippen molar-refractivity contribution < 1.29 is 10.2 Å². The first-order valence-electron chi connectivity index (χ1n) is 8.33. The van der Waals surface area contributed by atoms with Gasteiger partial charge < -0.3 is 10.2 Å². The van der Waals surface area contributed by atoms with Crippen LogP contribution in [0.15, 0.2) is 66.7 Å². The van der Waals surface area contributed by atoms with Gasteiger partial charge in [0, 0.05) is 6.42 Å². The van der Waals surface area contributed by atoms with Crippen LogP contribution < -0.4 is 0 Å². The molecule has 24 heavy (non-hydrogen) atoms. The first-order valence-corrected chi connectivity index (χ1v) is 8.33. The summed E-state index contributed by atoms with van der Waals surface area (Å²) in [5, 5.41) is 26.9. The van der Waals surface area contributed by atoms with Crippen LogP contribution in [0.1, 0.15) is 12.5 Å². The lowest BCUT2D eigenvalue weighted by molar-refractivity contribution is 0.0322. The first-order chi connectivity index (χ1) is 11.6. The molecule has 4 rings (SSSR count). The molecule has 0 radical (unpaired) electrons. The minimum Gasteiger partial charge on any atom is -0.391 e. The van der Waals surface area contributed by atoms with E-state index in [0.717, 1.165) is 10.9 Å². The van der Waals surface area contributed by atoms with Gasteiger partial charge >= 0.3 is 0 Å². The van der Waals surface area contributed by atoms with Crippen molar-refractivity contribution in [2.75, 3.05) is 0 Å². The van der Waals surface area contributed by atoms with Crippen LogP contribution in [0.3, 0.4) is 0 Å². The molecule has 4 aromatic rings. The van der Waals surface area contributed by atoms with Gasteiger partial charge in [-0.3, -0.25) is 0 Å². The number of hydrogen-bond acceptors (Lipinski definition) is 2. The highest BCUT2D eigenvalue weighted by atomic mass is 16.3. The second-order valence-corrected chi connectivity index (χ2v) is 6.51. The average molecular weight is 316 g/mol. The van der Waals surface area contributed by atoms with Crippen molar-refractivity contribution in [3.05, 3.63) is 72.3 Å². The van der Waals surface area contributed by atoms with Gasteiger partial charge in [0.15, 0.2) is 0 Å². The van der Waals surface area contributed by atoms with E-state index in [0.29, 0.717) is 6.42 Å². The SMILES string of the molecule is CC(O)C(O)Cc1cccc2ccc3cc4ccccc4cc3c12. The molecular formula is C22H20O2. The highest BCUT2D eigenvalue weighted by molar-refractivity contribution is 6.13. The number of fused-ring (bicyclic) bond motifs is 4. The quantitative estimate of drug-likeness (QED) is 0.433. The van der Waals surface area contributed by atoms with Crippen molar-refractivity contribution in [3.63, 3.8) is 0 Å². The zero-order chi connectivity index (χ0) is 16.7. The van der Waals surface area contributed by atoms with E-state index in [1.54, 1.807) is 6.92 Å². The number of benzene rings is 4. The normalized spacial score (nSPS) is 14.3. The Balaban J connectivity index is 2.02. The van der Waals surface area contributed by atoms with Crippen molar-refractivity contribution >= 4 is 32.3 Å². The summed E-state index contributed by atoms with van der Waals surface area (Å²) >= 11 is 0. The molecule has 0 fully saturated rings. The molecule has 0 aliphatic heterocycles. The molecule has 2 atom stereocenters. The number of aliphatic hydroxyl groups is 2. The molecule has 2 N–H and O–H groups in total. The predicted molar refractivity (Wildman–Crippen MR) is 100 cm³/mol. The van der Waals surface area contributed by atoms with Crippen LogP contribution in [0.25, 0.3) is 32.3 Å². The smallest absolute Gasteiger partial charge is 0.0836 e. The highest BCUT2D eigenvalue weighted by Gasteiger charge is 2.14. The van der Waals surface area contributed by atoms with Gasteiger partial charge in [0.1, 0.15) is 0 Å². The van der Waals surface area contributed by atoms with Crippen molar-refractivity contribution in [2.24, 2.45) is 0 Å². The van der Waals surface area contributed by atoms with E-state index in [1.165, 1.54) is 26.9 Å². The van der Waals surface area contributed by atoms with E-state index in [1.807, 2.05) is 12.1 Å². The summed E-state index contributed by atoms with van der Waals surface area (Å²) < 4.78 is 0. The molecular weight excluding hydrogens is 296 g/mol. The van der Waals surface area contributed by atoms with Gasteiger partial charge in [0.25, 0.3) is 0 Å². The van der Waals surface area contributed by atoms with Gasteiger partial charge in [-0.05, 0) is 56.9 Å². The van der Waals surface area contributed by atoms with Crippen molar-refractivity contribution in [3.8, 4) is 0 Å². The third-order valence-corrected chi connectivity index (χ3v) is 4.80. The average Bonchev–Trinajstić information content (AvgIpc) is 2.59. The standard InChI is InChI=1S/C22H20O2/c1-14(23)21(24)13-19-8-4-7-15-9-10-18-11-16-5-2-3-6-17(16)12-20(18)22(15)19/h2-12,14,21,23-24H,13H2,1H3. The minimum atomic E-state index is -0.758.